The predicted octanol–water partition coefficient (Wildman–Crippen LogP) is 6.03. The second kappa shape index (κ2) is 17.4. The number of ether oxygens (including phenoxy) is 4. The SMILES string of the molecule is C#Cc1c(F)ccc2cc(O)cc(-c3nc(OC)c4c(N5CCOCC(CNC(=O)O)C5)nc(OCC56CCCNC5CCC6)nc4c3F)c12.C1CCOCC1. The summed E-state index contributed by atoms with van der Waals surface area (Å²) in [4.78, 5) is 27.2. The first-order valence-electron chi connectivity index (χ1n) is 19.3. The quantitative estimate of drug-likeness (QED) is 0.154. The zero-order chi connectivity index (χ0) is 39.2. The minimum absolute atomic E-state index is 0.0237. The summed E-state index contributed by atoms with van der Waals surface area (Å²) in [6, 6.07) is 5.59. The summed E-state index contributed by atoms with van der Waals surface area (Å²) in [6.07, 6.45) is 13.6. The fourth-order valence-corrected chi connectivity index (χ4v) is 8.52. The molecule has 1 amide bonds. The Hall–Kier alpha value is -5.04. The van der Waals surface area contributed by atoms with E-state index in [1.54, 1.807) is 0 Å². The van der Waals surface area contributed by atoms with E-state index < -0.39 is 17.7 Å². The molecule has 15 heteroatoms. The number of nitrogens with one attached hydrogen (secondary N) is 2. The van der Waals surface area contributed by atoms with Gasteiger partial charge in [0.1, 0.15) is 34.0 Å². The van der Waals surface area contributed by atoms with Crippen LogP contribution in [0.2, 0.25) is 0 Å². The van der Waals surface area contributed by atoms with Crippen LogP contribution in [0.15, 0.2) is 24.3 Å². The van der Waals surface area contributed by atoms with Crippen LogP contribution in [-0.2, 0) is 9.47 Å². The Balaban J connectivity index is 0.000000733. The minimum atomic E-state index is -1.15. The maximum Gasteiger partial charge on any atom is 0.404 e. The Morgan fingerprint density at radius 1 is 1.09 bits per heavy atom. The molecule has 5 heterocycles. The van der Waals surface area contributed by atoms with Crippen molar-refractivity contribution >= 4 is 33.6 Å². The summed E-state index contributed by atoms with van der Waals surface area (Å²) in [5.41, 5.74) is -0.577. The van der Waals surface area contributed by atoms with Crippen molar-refractivity contribution in [3.63, 3.8) is 0 Å². The average molecular weight is 775 g/mol. The number of phenolic OH excluding ortho intramolecular Hbond substituents is 1. The van der Waals surface area contributed by atoms with E-state index in [1.165, 1.54) is 50.6 Å². The van der Waals surface area contributed by atoms with E-state index in [4.69, 9.17) is 30.4 Å². The maximum atomic E-state index is 17.1. The van der Waals surface area contributed by atoms with Crippen LogP contribution < -0.4 is 25.0 Å². The van der Waals surface area contributed by atoms with E-state index >= 15 is 4.39 Å². The standard InChI is InChI=1S/C36H38F2N6O6.C5H10O/c1-3-23-25(37)8-7-21-14-22(45)15-24(27(21)23)30-29(38)31-28(33(41-30)48-2)32(44-12-13-49-18-20(17-44)16-40-35(46)47)43-34(42-31)50-19-36-9-4-6-26(36)39-11-5-10-36;1-2-4-6-5-3-1/h1,7-8,14-15,20,26,39-40,45H,4-6,9-13,16-19H2,2H3,(H,46,47);1-5H2. The van der Waals surface area contributed by atoms with Gasteiger partial charge in [0, 0.05) is 61.2 Å². The van der Waals surface area contributed by atoms with Gasteiger partial charge >= 0.3 is 12.1 Å². The van der Waals surface area contributed by atoms with Crippen molar-refractivity contribution < 1.29 is 42.7 Å². The number of terminal acetylenes is 1. The van der Waals surface area contributed by atoms with Gasteiger partial charge in [0.25, 0.3) is 0 Å². The normalized spacial score (nSPS) is 22.4. The fourth-order valence-electron chi connectivity index (χ4n) is 8.52. The molecule has 1 aliphatic carbocycles. The van der Waals surface area contributed by atoms with Crippen LogP contribution in [0, 0.1) is 35.3 Å². The van der Waals surface area contributed by atoms with Crippen molar-refractivity contribution in [1.29, 1.82) is 0 Å². The molecule has 3 unspecified atom stereocenters. The number of aromatic hydroxyl groups is 1. The number of piperidine rings is 1. The van der Waals surface area contributed by atoms with Gasteiger partial charge in [-0.2, -0.15) is 9.97 Å². The van der Waals surface area contributed by atoms with E-state index in [-0.39, 0.29) is 74.4 Å². The molecule has 0 radical (unpaired) electrons. The van der Waals surface area contributed by atoms with Crippen molar-refractivity contribution in [3.8, 4) is 41.2 Å². The van der Waals surface area contributed by atoms with Crippen LogP contribution in [0.3, 0.4) is 0 Å². The number of carbonyl (C=O) groups is 1. The van der Waals surface area contributed by atoms with Gasteiger partial charge in [-0.3, -0.25) is 0 Å². The summed E-state index contributed by atoms with van der Waals surface area (Å²) in [5, 5.41) is 26.7. The molecular formula is C41H48F2N6O7. The van der Waals surface area contributed by atoms with E-state index in [2.05, 4.69) is 26.5 Å². The summed E-state index contributed by atoms with van der Waals surface area (Å²) in [7, 11) is 1.38. The zero-order valence-electron chi connectivity index (χ0n) is 31.5. The van der Waals surface area contributed by atoms with Crippen molar-refractivity contribution in [2.45, 2.75) is 57.4 Å². The number of hydrogen-bond donors (Lipinski definition) is 4. The number of methoxy groups -OCH3 is 1. The highest BCUT2D eigenvalue weighted by Gasteiger charge is 2.45. The molecule has 4 fully saturated rings. The van der Waals surface area contributed by atoms with Crippen LogP contribution in [0.25, 0.3) is 32.9 Å². The Labute approximate surface area is 324 Å². The first-order valence-corrected chi connectivity index (χ1v) is 19.3. The second-order valence-corrected chi connectivity index (χ2v) is 14.9. The number of nitrogens with zero attached hydrogens (tertiary/aromatic N) is 4. The van der Waals surface area contributed by atoms with E-state index in [1.807, 2.05) is 4.90 Å². The molecule has 4 aromatic rings. The monoisotopic (exact) mass is 774 g/mol. The molecule has 2 aromatic heterocycles. The number of rotatable bonds is 8. The number of fused-ring (bicyclic) bond motifs is 3. The lowest BCUT2D eigenvalue weighted by atomic mass is 9.76. The van der Waals surface area contributed by atoms with E-state index in [0.29, 0.717) is 44.3 Å². The topological polar surface area (TPSA) is 160 Å². The highest BCUT2D eigenvalue weighted by molar-refractivity contribution is 6.04. The lowest BCUT2D eigenvalue weighted by molar-refractivity contribution is 0.0798. The zero-order valence-corrected chi connectivity index (χ0v) is 31.5. The van der Waals surface area contributed by atoms with Gasteiger partial charge in [0.05, 0.1) is 32.5 Å². The number of hydrogen-bond acceptors (Lipinski definition) is 11. The molecule has 4 aliphatic rings. The van der Waals surface area contributed by atoms with Gasteiger partial charge in [-0.1, -0.05) is 18.4 Å². The Bertz CT molecular complexity index is 2100. The molecule has 1 saturated carbocycles. The molecule has 4 N–H and O–H groups in total. The lowest BCUT2D eigenvalue weighted by Gasteiger charge is -2.39. The number of halogens is 2. The summed E-state index contributed by atoms with van der Waals surface area (Å²) in [6.45, 7) is 4.67. The average Bonchev–Trinajstić information content (AvgIpc) is 3.50. The summed E-state index contributed by atoms with van der Waals surface area (Å²) < 4.78 is 55.1. The van der Waals surface area contributed by atoms with E-state index in [0.717, 1.165) is 51.9 Å². The fraction of sp³-hybridized carbons (Fsp3) is 0.512. The number of benzene rings is 2. The van der Waals surface area contributed by atoms with Gasteiger partial charge in [0.15, 0.2) is 5.82 Å². The highest BCUT2D eigenvalue weighted by Crippen LogP contribution is 2.46. The van der Waals surface area contributed by atoms with Crippen molar-refractivity contribution in [3.05, 3.63) is 41.5 Å². The third kappa shape index (κ3) is 8.23. The molecule has 3 saturated heterocycles. The predicted molar refractivity (Wildman–Crippen MR) is 206 cm³/mol. The smallest absolute Gasteiger partial charge is 0.404 e. The molecular weight excluding hydrogens is 726 g/mol. The second-order valence-electron chi connectivity index (χ2n) is 14.9. The lowest BCUT2D eigenvalue weighted by Crippen LogP contribution is -2.49. The Morgan fingerprint density at radius 3 is 2.64 bits per heavy atom. The van der Waals surface area contributed by atoms with Gasteiger partial charge in [-0.15, -0.1) is 6.42 Å². The van der Waals surface area contributed by atoms with Gasteiger partial charge < -0.3 is 44.7 Å². The van der Waals surface area contributed by atoms with Crippen molar-refractivity contribution in [1.82, 2.24) is 25.6 Å². The minimum Gasteiger partial charge on any atom is -0.508 e. The third-order valence-corrected chi connectivity index (χ3v) is 11.3. The van der Waals surface area contributed by atoms with Gasteiger partial charge in [0.2, 0.25) is 5.88 Å². The number of phenols is 1. The Kier molecular flexibility index (Phi) is 12.2. The Morgan fingerprint density at radius 2 is 1.91 bits per heavy atom. The molecule has 0 spiro atoms. The molecule has 13 nitrogen and oxygen atoms in total. The largest absolute Gasteiger partial charge is 0.508 e. The highest BCUT2D eigenvalue weighted by atomic mass is 19.1. The van der Waals surface area contributed by atoms with E-state index in [9.17, 15) is 19.4 Å². The van der Waals surface area contributed by atoms with Crippen LogP contribution in [0.1, 0.15) is 56.9 Å². The number of amides is 1. The number of pyridine rings is 1. The van der Waals surface area contributed by atoms with Crippen molar-refractivity contribution in [2.24, 2.45) is 11.3 Å². The van der Waals surface area contributed by atoms with Crippen LogP contribution in [0.5, 0.6) is 17.6 Å². The third-order valence-electron chi connectivity index (χ3n) is 11.3. The molecule has 56 heavy (non-hydrogen) atoms. The van der Waals surface area contributed by atoms with Gasteiger partial charge in [-0.25, -0.2) is 18.6 Å². The molecule has 298 valence electrons. The summed E-state index contributed by atoms with van der Waals surface area (Å²) in [5.74, 6) is 0.599. The molecule has 3 aliphatic heterocycles. The molecule has 0 bridgehead atoms. The molecule has 3 atom stereocenters. The summed E-state index contributed by atoms with van der Waals surface area (Å²) >= 11 is 0. The molecule has 8 rings (SSSR count). The van der Waals surface area contributed by atoms with Gasteiger partial charge in [-0.05, 0) is 75.1 Å². The van der Waals surface area contributed by atoms with Crippen LogP contribution >= 0.6 is 0 Å². The molecule has 2 aromatic carbocycles. The number of anilines is 1. The number of aromatic nitrogens is 3. The van der Waals surface area contributed by atoms with Crippen molar-refractivity contribution in [2.75, 3.05) is 71.2 Å². The van der Waals surface area contributed by atoms with Crippen LogP contribution in [0.4, 0.5) is 19.4 Å². The maximum absolute atomic E-state index is 17.1. The van der Waals surface area contributed by atoms with Crippen LogP contribution in [-0.4, -0.2) is 104 Å². The first kappa shape index (κ1) is 39.2. The number of carboxylic acid groups (broad SMARTS) is 1. The first-order chi connectivity index (χ1) is 27.2.